The number of piperidine rings is 1. The van der Waals surface area contributed by atoms with E-state index in [1.807, 2.05) is 12.1 Å². The van der Waals surface area contributed by atoms with Crippen molar-refractivity contribution < 1.29 is 14.7 Å². The summed E-state index contributed by atoms with van der Waals surface area (Å²) in [5.41, 5.74) is 1.86. The largest absolute Gasteiger partial charge is 0.478 e. The molecule has 1 aliphatic heterocycles. The number of nitrogens with zero attached hydrogens (tertiary/aromatic N) is 1. The Balaban J connectivity index is 1.19. The van der Waals surface area contributed by atoms with Crippen LogP contribution in [0.1, 0.15) is 62.7 Å². The maximum atomic E-state index is 12.5. The number of hydrogen-bond acceptors (Lipinski definition) is 3. The fraction of sp³-hybridized carbons (Fsp3) is 0.667. The van der Waals surface area contributed by atoms with E-state index in [9.17, 15) is 9.59 Å². The van der Waals surface area contributed by atoms with E-state index in [2.05, 4.69) is 24.1 Å². The third-order valence-corrected chi connectivity index (χ3v) is 8.13. The first kappa shape index (κ1) is 20.2. The molecule has 0 radical (unpaired) electrons. The van der Waals surface area contributed by atoms with Crippen LogP contribution < -0.4 is 10.2 Å². The number of carbonyl (C=O) groups excluding carboxylic acids is 1. The van der Waals surface area contributed by atoms with Gasteiger partial charge in [-0.1, -0.05) is 13.8 Å². The minimum Gasteiger partial charge on any atom is -0.478 e. The number of carboxylic acid groups (broad SMARTS) is 1. The Labute approximate surface area is 173 Å². The highest BCUT2D eigenvalue weighted by Gasteiger charge is 2.53. The molecule has 0 unspecified atom stereocenters. The normalized spacial score (nSPS) is 28.5. The summed E-state index contributed by atoms with van der Waals surface area (Å²) in [6.07, 6.45) is 6.62. The Morgan fingerprint density at radius 3 is 2.38 bits per heavy atom. The van der Waals surface area contributed by atoms with Gasteiger partial charge >= 0.3 is 5.97 Å². The first-order valence-corrected chi connectivity index (χ1v) is 11.2. The molecule has 0 aromatic heterocycles. The number of nitrogens with one attached hydrogen (secondary N) is 1. The van der Waals surface area contributed by atoms with Gasteiger partial charge in [0.2, 0.25) is 5.91 Å². The van der Waals surface area contributed by atoms with Gasteiger partial charge in [-0.05, 0) is 85.5 Å². The summed E-state index contributed by atoms with van der Waals surface area (Å²) in [6, 6.07) is 7.09. The fourth-order valence-electron chi connectivity index (χ4n) is 6.00. The quantitative estimate of drug-likeness (QED) is 0.754. The fourth-order valence-corrected chi connectivity index (χ4v) is 6.00. The van der Waals surface area contributed by atoms with Crippen LogP contribution >= 0.6 is 0 Å². The number of aromatic carboxylic acids is 1. The lowest BCUT2D eigenvalue weighted by Gasteiger charge is -2.60. The van der Waals surface area contributed by atoms with Gasteiger partial charge in [0.05, 0.1) is 5.56 Å². The predicted octanol–water partition coefficient (Wildman–Crippen LogP) is 4.18. The molecule has 0 spiro atoms. The third kappa shape index (κ3) is 4.15. The summed E-state index contributed by atoms with van der Waals surface area (Å²) in [5.74, 6) is 2.13. The molecule has 2 N–H and O–H groups in total. The Bertz CT molecular complexity index is 748. The van der Waals surface area contributed by atoms with Crippen molar-refractivity contribution in [3.63, 3.8) is 0 Å². The smallest absolute Gasteiger partial charge is 0.335 e. The molecule has 1 heterocycles. The number of fused-ring (bicyclic) bond motifs is 2. The molecule has 1 saturated heterocycles. The summed E-state index contributed by atoms with van der Waals surface area (Å²) < 4.78 is 0. The molecule has 3 atom stereocenters. The summed E-state index contributed by atoms with van der Waals surface area (Å²) >= 11 is 0. The highest BCUT2D eigenvalue weighted by molar-refractivity contribution is 5.88. The van der Waals surface area contributed by atoms with Crippen LogP contribution in [0, 0.1) is 29.1 Å². The van der Waals surface area contributed by atoms with E-state index in [4.69, 9.17) is 5.11 Å². The van der Waals surface area contributed by atoms with Crippen molar-refractivity contribution in [3.05, 3.63) is 29.8 Å². The van der Waals surface area contributed by atoms with Gasteiger partial charge in [0.1, 0.15) is 0 Å². The molecule has 5 nitrogen and oxygen atoms in total. The molecular weight excluding hydrogens is 364 g/mol. The first-order chi connectivity index (χ1) is 13.8. The second-order valence-corrected chi connectivity index (χ2v) is 9.99. The SMILES string of the molecule is CC1(C)[C@H]2CC[C@@H](CNC(=O)CC3CCN(c4ccc(C(=O)O)cc4)CC3)[C@@H]1C2. The topological polar surface area (TPSA) is 69.6 Å². The van der Waals surface area contributed by atoms with E-state index < -0.39 is 5.97 Å². The van der Waals surface area contributed by atoms with Gasteiger partial charge in [-0.25, -0.2) is 4.79 Å². The summed E-state index contributed by atoms with van der Waals surface area (Å²) in [7, 11) is 0. The van der Waals surface area contributed by atoms with Crippen molar-refractivity contribution in [2.24, 2.45) is 29.1 Å². The molecule has 1 amide bonds. The van der Waals surface area contributed by atoms with Crippen LogP contribution in [0.4, 0.5) is 5.69 Å². The summed E-state index contributed by atoms with van der Waals surface area (Å²) in [4.78, 5) is 25.8. The van der Waals surface area contributed by atoms with Crippen molar-refractivity contribution in [1.29, 1.82) is 0 Å². The number of benzene rings is 1. The standard InChI is InChI=1S/C24H34N2O3/c1-24(2)19-6-3-18(21(24)14-19)15-25-22(27)13-16-9-11-26(12-10-16)20-7-4-17(5-8-20)23(28)29/h4-5,7-8,16,18-19,21H,3,6,9-15H2,1-2H3,(H,25,27)(H,28,29)/t18-,19-,21-/m0/s1. The van der Waals surface area contributed by atoms with Crippen molar-refractivity contribution in [1.82, 2.24) is 5.32 Å². The highest BCUT2D eigenvalue weighted by atomic mass is 16.4. The molecule has 5 heteroatoms. The molecule has 3 aliphatic carbocycles. The Morgan fingerprint density at radius 1 is 1.10 bits per heavy atom. The Morgan fingerprint density at radius 2 is 1.79 bits per heavy atom. The molecule has 4 fully saturated rings. The van der Waals surface area contributed by atoms with Crippen LogP contribution in [0.5, 0.6) is 0 Å². The van der Waals surface area contributed by atoms with E-state index in [1.165, 1.54) is 19.3 Å². The predicted molar refractivity (Wildman–Crippen MR) is 114 cm³/mol. The summed E-state index contributed by atoms with van der Waals surface area (Å²) in [5, 5.41) is 12.3. The number of carboxylic acids is 1. The number of hydrogen-bond donors (Lipinski definition) is 2. The third-order valence-electron chi connectivity index (χ3n) is 8.13. The highest BCUT2D eigenvalue weighted by Crippen LogP contribution is 2.61. The molecule has 2 bridgehead atoms. The van der Waals surface area contributed by atoms with Crippen molar-refractivity contribution in [2.75, 3.05) is 24.5 Å². The lowest BCUT2D eigenvalue weighted by molar-refractivity contribution is -0.125. The minimum atomic E-state index is -0.893. The van der Waals surface area contributed by atoms with E-state index in [0.29, 0.717) is 29.2 Å². The van der Waals surface area contributed by atoms with Gasteiger partial charge in [-0.3, -0.25) is 4.79 Å². The van der Waals surface area contributed by atoms with E-state index in [-0.39, 0.29) is 5.91 Å². The zero-order chi connectivity index (χ0) is 20.6. The van der Waals surface area contributed by atoms with Gasteiger partial charge in [0, 0.05) is 31.7 Å². The van der Waals surface area contributed by atoms with Crippen LogP contribution in [0.2, 0.25) is 0 Å². The van der Waals surface area contributed by atoms with E-state index in [1.54, 1.807) is 12.1 Å². The molecule has 158 valence electrons. The van der Waals surface area contributed by atoms with Crippen LogP contribution in [-0.4, -0.2) is 36.6 Å². The molecule has 5 rings (SSSR count). The van der Waals surface area contributed by atoms with Crippen LogP contribution in [0.15, 0.2) is 24.3 Å². The number of anilines is 1. The maximum Gasteiger partial charge on any atom is 0.335 e. The van der Waals surface area contributed by atoms with Gasteiger partial charge in [-0.2, -0.15) is 0 Å². The zero-order valence-corrected chi connectivity index (χ0v) is 17.7. The zero-order valence-electron chi connectivity index (χ0n) is 17.7. The molecule has 1 aromatic rings. The number of carbonyl (C=O) groups is 2. The van der Waals surface area contributed by atoms with Crippen molar-refractivity contribution in [2.45, 2.75) is 52.4 Å². The van der Waals surface area contributed by atoms with Crippen LogP contribution in [0.3, 0.4) is 0 Å². The Hall–Kier alpha value is -2.04. The van der Waals surface area contributed by atoms with E-state index >= 15 is 0 Å². The molecule has 1 aromatic carbocycles. The number of amides is 1. The molecule has 29 heavy (non-hydrogen) atoms. The van der Waals surface area contributed by atoms with Crippen LogP contribution in [0.25, 0.3) is 0 Å². The molecular formula is C24H34N2O3. The van der Waals surface area contributed by atoms with Gasteiger partial charge < -0.3 is 15.3 Å². The summed E-state index contributed by atoms with van der Waals surface area (Å²) in [6.45, 7) is 7.51. The maximum absolute atomic E-state index is 12.5. The molecule has 4 aliphatic rings. The lowest BCUT2D eigenvalue weighted by atomic mass is 9.45. The van der Waals surface area contributed by atoms with Crippen molar-refractivity contribution in [3.8, 4) is 0 Å². The minimum absolute atomic E-state index is 0.216. The second kappa shape index (κ2) is 8.00. The lowest BCUT2D eigenvalue weighted by Crippen LogP contribution is -2.54. The average Bonchev–Trinajstić information content (AvgIpc) is 2.73. The van der Waals surface area contributed by atoms with Gasteiger partial charge in [0.15, 0.2) is 0 Å². The monoisotopic (exact) mass is 398 g/mol. The van der Waals surface area contributed by atoms with E-state index in [0.717, 1.165) is 50.0 Å². The van der Waals surface area contributed by atoms with Crippen LogP contribution in [-0.2, 0) is 4.79 Å². The first-order valence-electron chi connectivity index (χ1n) is 11.2. The second-order valence-electron chi connectivity index (χ2n) is 9.99. The van der Waals surface area contributed by atoms with Crippen molar-refractivity contribution >= 4 is 17.6 Å². The van der Waals surface area contributed by atoms with Gasteiger partial charge in [0.25, 0.3) is 0 Å². The molecule has 3 saturated carbocycles. The Kier molecular flexibility index (Phi) is 5.58. The average molecular weight is 399 g/mol. The number of rotatable bonds is 6. The van der Waals surface area contributed by atoms with Gasteiger partial charge in [-0.15, -0.1) is 0 Å².